The van der Waals surface area contributed by atoms with Gasteiger partial charge < -0.3 is 20.9 Å². The second-order valence-corrected chi connectivity index (χ2v) is 14.8. The second kappa shape index (κ2) is 13.5. The van der Waals surface area contributed by atoms with E-state index in [9.17, 15) is 27.2 Å². The van der Waals surface area contributed by atoms with Crippen molar-refractivity contribution < 1.29 is 27.2 Å². The Kier molecular flexibility index (Phi) is 9.96. The van der Waals surface area contributed by atoms with Gasteiger partial charge in [0.15, 0.2) is 0 Å². The van der Waals surface area contributed by atoms with E-state index in [0.717, 1.165) is 49.3 Å². The number of fused-ring (bicyclic) bond motifs is 1. The first-order valence-corrected chi connectivity index (χ1v) is 17.2. The van der Waals surface area contributed by atoms with Crippen LogP contribution in [0.15, 0.2) is 24.3 Å². The Morgan fingerprint density at radius 2 is 1.75 bits per heavy atom. The Morgan fingerprint density at radius 1 is 1.05 bits per heavy atom. The fraction of sp³-hybridized carbons (Fsp3) is 0.645. The molecule has 13 heteroatoms. The number of hydrogen-bond acceptors (Lipinski definition) is 6. The Labute approximate surface area is 258 Å². The first-order chi connectivity index (χ1) is 21.0. The Balaban J connectivity index is 1.32. The molecule has 3 fully saturated rings. The quantitative estimate of drug-likeness (QED) is 0.331. The molecule has 1 aromatic carbocycles. The molecule has 3 atom stereocenters. The van der Waals surface area contributed by atoms with E-state index in [0.29, 0.717) is 41.9 Å². The average Bonchev–Trinajstić information content (AvgIpc) is 3.65. The van der Waals surface area contributed by atoms with Crippen molar-refractivity contribution in [1.82, 2.24) is 18.9 Å². The van der Waals surface area contributed by atoms with Gasteiger partial charge in [-0.1, -0.05) is 32.1 Å². The lowest BCUT2D eigenvalue weighted by molar-refractivity contribution is -0.142. The number of rotatable bonds is 9. The number of anilines is 1. The molecule has 1 aliphatic heterocycles. The van der Waals surface area contributed by atoms with E-state index in [1.54, 1.807) is 23.1 Å². The zero-order valence-electron chi connectivity index (χ0n) is 25.6. The summed E-state index contributed by atoms with van der Waals surface area (Å²) in [6.45, 7) is -0.00464. The molecular weight excluding hydrogens is 587 g/mol. The fourth-order valence-electron chi connectivity index (χ4n) is 7.42. The molecule has 2 aliphatic carbocycles. The van der Waals surface area contributed by atoms with Gasteiger partial charge in [-0.3, -0.25) is 14.4 Å². The number of aromatic amines is 1. The summed E-state index contributed by atoms with van der Waals surface area (Å²) in [7, 11) is -1.31. The molecule has 3 aliphatic rings. The largest absolute Gasteiger partial charge is 0.350 e. The van der Waals surface area contributed by atoms with Crippen LogP contribution in [0, 0.1) is 23.7 Å². The second-order valence-electron chi connectivity index (χ2n) is 12.9. The molecule has 0 radical (unpaired) electrons. The zero-order chi connectivity index (χ0) is 31.6. The number of alkyl halides is 1. The molecule has 44 heavy (non-hydrogen) atoms. The monoisotopic (exact) mass is 632 g/mol. The van der Waals surface area contributed by atoms with Crippen LogP contribution in [0.2, 0.25) is 0 Å². The Morgan fingerprint density at radius 3 is 2.41 bits per heavy atom. The van der Waals surface area contributed by atoms with Gasteiger partial charge in [0, 0.05) is 49.2 Å². The molecule has 1 saturated heterocycles. The summed E-state index contributed by atoms with van der Waals surface area (Å²) in [5.74, 6) is -0.622. The number of amides is 3. The molecule has 2 saturated carbocycles. The molecule has 5 N–H and O–H groups in total. The molecule has 5 rings (SSSR count). The SMILES string of the molecule is CN(C)S(=O)(=O)NC(=O)c1cc2cc(NC(=O)[C@@H]3[C@H](C4CCCCC4)CCN3C(=O)C3CCC([C@H](N)CF)CC3)ccc2[nH]1. The molecule has 0 bridgehead atoms. The van der Waals surface area contributed by atoms with E-state index >= 15 is 0 Å². The highest BCUT2D eigenvalue weighted by molar-refractivity contribution is 7.87. The zero-order valence-corrected chi connectivity index (χ0v) is 26.4. The number of aromatic nitrogens is 1. The highest BCUT2D eigenvalue weighted by Crippen LogP contribution is 2.41. The lowest BCUT2D eigenvalue weighted by atomic mass is 9.76. The molecule has 1 aromatic heterocycles. The first-order valence-electron chi connectivity index (χ1n) is 15.8. The van der Waals surface area contributed by atoms with E-state index in [1.165, 1.54) is 26.6 Å². The van der Waals surface area contributed by atoms with Crippen LogP contribution in [0.5, 0.6) is 0 Å². The number of carbonyl (C=O) groups excluding carboxylic acids is 3. The van der Waals surface area contributed by atoms with Crippen molar-refractivity contribution in [2.45, 2.75) is 76.3 Å². The Hall–Kier alpha value is -3.03. The van der Waals surface area contributed by atoms with Crippen molar-refractivity contribution in [3.63, 3.8) is 0 Å². The van der Waals surface area contributed by atoms with Gasteiger partial charge >= 0.3 is 10.2 Å². The van der Waals surface area contributed by atoms with Crippen LogP contribution in [-0.4, -0.2) is 79.7 Å². The van der Waals surface area contributed by atoms with E-state index in [1.807, 2.05) is 4.72 Å². The van der Waals surface area contributed by atoms with Gasteiger partial charge in [0.25, 0.3) is 5.91 Å². The van der Waals surface area contributed by atoms with Crippen molar-refractivity contribution in [1.29, 1.82) is 0 Å². The van der Waals surface area contributed by atoms with Crippen LogP contribution in [0.3, 0.4) is 0 Å². The number of likely N-dealkylation sites (tertiary alicyclic amines) is 1. The predicted octanol–water partition coefficient (Wildman–Crippen LogP) is 3.54. The van der Waals surface area contributed by atoms with Crippen molar-refractivity contribution >= 4 is 44.5 Å². The minimum absolute atomic E-state index is 0.0140. The van der Waals surface area contributed by atoms with E-state index < -0.39 is 34.9 Å². The van der Waals surface area contributed by atoms with Gasteiger partial charge in [0.05, 0.1) is 0 Å². The standard InChI is InChI=1S/C31H45FN6O5S/c1-37(2)44(42,43)36-29(39)27-17-22-16-23(12-13-26(22)35-27)34-30(40)28-24(19-6-4-3-5-7-19)14-15-38(28)31(41)21-10-8-20(9-11-21)25(33)18-32/h12-13,16-17,19-21,24-25,28,35H,3-11,14-15,18,33H2,1-2H3,(H,34,40)(H,36,39)/t20?,21?,24-,25+,28-/m0/s1. The molecule has 242 valence electrons. The molecule has 2 heterocycles. The minimum atomic E-state index is -3.96. The van der Waals surface area contributed by atoms with Crippen molar-refractivity contribution in [2.24, 2.45) is 29.4 Å². The number of nitrogens with one attached hydrogen (secondary N) is 3. The third-order valence-corrected chi connectivity index (χ3v) is 11.4. The van der Waals surface area contributed by atoms with E-state index in [-0.39, 0.29) is 35.3 Å². The number of H-pyrrole nitrogens is 1. The van der Waals surface area contributed by atoms with Crippen molar-refractivity contribution in [3.8, 4) is 0 Å². The van der Waals surface area contributed by atoms with Gasteiger partial charge in [-0.05, 0) is 74.1 Å². The number of nitrogens with zero attached hydrogens (tertiary/aromatic N) is 2. The van der Waals surface area contributed by atoms with Crippen LogP contribution in [-0.2, 0) is 19.8 Å². The highest BCUT2D eigenvalue weighted by atomic mass is 32.2. The van der Waals surface area contributed by atoms with Crippen LogP contribution >= 0.6 is 0 Å². The van der Waals surface area contributed by atoms with Gasteiger partial charge in [0.2, 0.25) is 11.8 Å². The first kappa shape index (κ1) is 32.4. The maximum atomic E-state index is 14.0. The molecule has 3 amide bonds. The van der Waals surface area contributed by atoms with Gasteiger partial charge in [0.1, 0.15) is 18.4 Å². The van der Waals surface area contributed by atoms with Crippen LogP contribution in [0.1, 0.15) is 74.7 Å². The highest BCUT2D eigenvalue weighted by Gasteiger charge is 2.47. The number of carbonyl (C=O) groups is 3. The summed E-state index contributed by atoms with van der Waals surface area (Å²) in [5.41, 5.74) is 7.14. The minimum Gasteiger partial charge on any atom is -0.350 e. The molecule has 11 nitrogen and oxygen atoms in total. The van der Waals surface area contributed by atoms with Crippen LogP contribution in [0.25, 0.3) is 10.9 Å². The number of halogens is 1. The van der Waals surface area contributed by atoms with Crippen LogP contribution < -0.4 is 15.8 Å². The normalized spacial score (nSPS) is 25.7. The summed E-state index contributed by atoms with van der Waals surface area (Å²) in [5, 5.41) is 3.67. The van der Waals surface area contributed by atoms with E-state index in [4.69, 9.17) is 5.73 Å². The summed E-state index contributed by atoms with van der Waals surface area (Å²) in [6, 6.07) is 5.65. The van der Waals surface area contributed by atoms with Gasteiger partial charge in [-0.15, -0.1) is 0 Å². The summed E-state index contributed by atoms with van der Waals surface area (Å²) in [4.78, 5) is 45.2. The fourth-order valence-corrected chi connectivity index (χ4v) is 7.95. The Bertz CT molecular complexity index is 1460. The van der Waals surface area contributed by atoms with Crippen molar-refractivity contribution in [3.05, 3.63) is 30.0 Å². The topological polar surface area (TPSA) is 158 Å². The summed E-state index contributed by atoms with van der Waals surface area (Å²) >= 11 is 0. The van der Waals surface area contributed by atoms with Gasteiger partial charge in [-0.25, -0.2) is 9.11 Å². The third kappa shape index (κ3) is 6.94. The average molecular weight is 633 g/mol. The molecule has 0 unspecified atom stereocenters. The predicted molar refractivity (Wildman–Crippen MR) is 167 cm³/mol. The summed E-state index contributed by atoms with van der Waals surface area (Å²) < 4.78 is 40.2. The number of nitrogens with two attached hydrogens (primary N) is 1. The van der Waals surface area contributed by atoms with Crippen LogP contribution in [0.4, 0.5) is 10.1 Å². The molecule has 2 aromatic rings. The maximum Gasteiger partial charge on any atom is 0.303 e. The van der Waals surface area contributed by atoms with Crippen molar-refractivity contribution in [2.75, 3.05) is 32.6 Å². The number of benzene rings is 1. The van der Waals surface area contributed by atoms with E-state index in [2.05, 4.69) is 10.3 Å². The lowest BCUT2D eigenvalue weighted by Gasteiger charge is -2.36. The third-order valence-electron chi connectivity index (χ3n) is 9.99. The molecule has 0 spiro atoms. The number of hydrogen-bond donors (Lipinski definition) is 4. The molecular formula is C31H45FN6O5S. The smallest absolute Gasteiger partial charge is 0.303 e. The lowest BCUT2D eigenvalue weighted by Crippen LogP contribution is -2.50. The van der Waals surface area contributed by atoms with Gasteiger partial charge in [-0.2, -0.15) is 12.7 Å². The summed E-state index contributed by atoms with van der Waals surface area (Å²) in [6.07, 6.45) is 9.14. The maximum absolute atomic E-state index is 14.0.